The van der Waals surface area contributed by atoms with Gasteiger partial charge in [0.25, 0.3) is 24.0 Å². The van der Waals surface area contributed by atoms with E-state index in [1.807, 2.05) is 0 Å². The minimum atomic E-state index is -3.00. The molecule has 0 saturated heterocycles. The van der Waals surface area contributed by atoms with Crippen LogP contribution in [0, 0.1) is 5.82 Å². The van der Waals surface area contributed by atoms with E-state index in [4.69, 9.17) is 0 Å². The molecule has 2 heterocycles. The number of rotatable bonds is 6. The predicted molar refractivity (Wildman–Crippen MR) is 112 cm³/mol. The highest BCUT2D eigenvalue weighted by Crippen LogP contribution is 2.43. The Kier molecular flexibility index (Phi) is 5.75. The zero-order valence-corrected chi connectivity index (χ0v) is 17.8. The highest BCUT2D eigenvalue weighted by atomic mass is 19.3. The molecule has 1 aliphatic rings. The lowest BCUT2D eigenvalue weighted by molar-refractivity contribution is -0.0501. The van der Waals surface area contributed by atoms with Crippen molar-refractivity contribution in [3.63, 3.8) is 0 Å². The minimum absolute atomic E-state index is 0.0268. The largest absolute Gasteiger partial charge is 0.361 e. The van der Waals surface area contributed by atoms with Gasteiger partial charge in [-0.25, -0.2) is 26.6 Å². The van der Waals surface area contributed by atoms with E-state index in [1.165, 1.54) is 32.3 Å². The second-order valence-corrected chi connectivity index (χ2v) is 8.26. The second kappa shape index (κ2) is 8.27. The van der Waals surface area contributed by atoms with Crippen molar-refractivity contribution in [2.24, 2.45) is 7.05 Å². The molecule has 4 rings (SSSR count). The lowest BCUT2D eigenvalue weighted by Crippen LogP contribution is -2.51. The molecule has 176 valence electrons. The molecule has 6 nitrogen and oxygen atoms in total. The molecule has 0 aliphatic heterocycles. The van der Waals surface area contributed by atoms with Crippen molar-refractivity contribution in [2.45, 2.75) is 50.6 Å². The predicted octanol–water partition coefficient (Wildman–Crippen LogP) is 4.49. The zero-order valence-electron chi connectivity index (χ0n) is 17.8. The fourth-order valence-corrected chi connectivity index (χ4v) is 4.23. The van der Waals surface area contributed by atoms with Crippen molar-refractivity contribution in [3.8, 4) is 0 Å². The molecule has 1 aromatic carbocycles. The molecule has 3 aromatic rings. The summed E-state index contributed by atoms with van der Waals surface area (Å²) in [6.07, 6.45) is -3.86. The van der Waals surface area contributed by atoms with Gasteiger partial charge in [-0.05, 0) is 26.2 Å². The van der Waals surface area contributed by atoms with Gasteiger partial charge in [0.1, 0.15) is 11.4 Å². The molecular weight excluding hydrogens is 447 g/mol. The highest BCUT2D eigenvalue weighted by molar-refractivity contribution is 5.90. The third-order valence-corrected chi connectivity index (χ3v) is 6.30. The quantitative estimate of drug-likeness (QED) is 0.542. The number of alkyl halides is 4. The van der Waals surface area contributed by atoms with E-state index < -0.39 is 46.9 Å². The highest BCUT2D eigenvalue weighted by Gasteiger charge is 2.47. The summed E-state index contributed by atoms with van der Waals surface area (Å²) in [6, 6.07) is 3.74. The molecule has 0 bridgehead atoms. The van der Waals surface area contributed by atoms with Crippen LogP contribution in [0.15, 0.2) is 40.1 Å². The van der Waals surface area contributed by atoms with Gasteiger partial charge in [0.15, 0.2) is 5.82 Å². The number of fused-ring (bicyclic) bond motifs is 1. The molecule has 2 aromatic heterocycles. The average Bonchev–Trinajstić information content (AvgIpc) is 2.71. The first-order chi connectivity index (χ1) is 15.6. The van der Waals surface area contributed by atoms with Gasteiger partial charge in [-0.2, -0.15) is 5.10 Å². The Morgan fingerprint density at radius 2 is 1.76 bits per heavy atom. The van der Waals surface area contributed by atoms with Crippen LogP contribution < -0.4 is 16.4 Å². The van der Waals surface area contributed by atoms with Crippen LogP contribution in [0.2, 0.25) is 0 Å². The van der Waals surface area contributed by atoms with Crippen LogP contribution in [-0.4, -0.2) is 20.8 Å². The fourth-order valence-electron chi connectivity index (χ4n) is 4.23. The molecule has 1 atom stereocenters. The van der Waals surface area contributed by atoms with Crippen LogP contribution in [0.5, 0.6) is 0 Å². The zero-order chi connectivity index (χ0) is 24.1. The van der Waals surface area contributed by atoms with Crippen LogP contribution >= 0.6 is 0 Å². The van der Waals surface area contributed by atoms with Crippen molar-refractivity contribution in [1.29, 1.82) is 0 Å². The summed E-state index contributed by atoms with van der Waals surface area (Å²) in [5.74, 6) is -1.05. The normalized spacial score (nSPS) is 16.3. The number of nitrogens with zero attached hydrogens (tertiary/aromatic N) is 3. The third-order valence-electron chi connectivity index (χ3n) is 6.30. The Balaban J connectivity index is 1.85. The number of benzene rings is 1. The van der Waals surface area contributed by atoms with E-state index in [1.54, 1.807) is 0 Å². The average molecular weight is 468 g/mol. The molecule has 1 unspecified atom stereocenters. The molecule has 1 saturated carbocycles. The molecule has 0 amide bonds. The Morgan fingerprint density at radius 1 is 1.09 bits per heavy atom. The SMILES string of the molecule is CC(Nc1nn(C)c(=O)c2cc(=O)n(C3(C(F)F)CCC3)cc12)c1cccc(C(F)F)c1F. The van der Waals surface area contributed by atoms with Gasteiger partial charge in [0, 0.05) is 30.3 Å². The summed E-state index contributed by atoms with van der Waals surface area (Å²) in [4.78, 5) is 25.2. The molecule has 1 aliphatic carbocycles. The van der Waals surface area contributed by atoms with Crippen LogP contribution in [-0.2, 0) is 12.6 Å². The number of aryl methyl sites for hydroxylation is 1. The van der Waals surface area contributed by atoms with E-state index in [0.717, 1.165) is 21.4 Å². The minimum Gasteiger partial charge on any atom is -0.361 e. The summed E-state index contributed by atoms with van der Waals surface area (Å²) in [5, 5.41) is 7.05. The van der Waals surface area contributed by atoms with E-state index in [9.17, 15) is 31.5 Å². The maximum Gasteiger partial charge on any atom is 0.274 e. The molecule has 11 heteroatoms. The number of hydrogen-bond donors (Lipinski definition) is 1. The number of hydrogen-bond acceptors (Lipinski definition) is 4. The Morgan fingerprint density at radius 3 is 2.33 bits per heavy atom. The summed E-state index contributed by atoms with van der Waals surface area (Å²) in [6.45, 7) is 1.51. The summed E-state index contributed by atoms with van der Waals surface area (Å²) < 4.78 is 70.4. The van der Waals surface area contributed by atoms with Crippen molar-refractivity contribution < 1.29 is 22.0 Å². The Labute approximate surface area is 184 Å². The first-order valence-electron chi connectivity index (χ1n) is 10.3. The van der Waals surface area contributed by atoms with Crippen LogP contribution in [0.1, 0.15) is 49.8 Å². The molecule has 33 heavy (non-hydrogen) atoms. The monoisotopic (exact) mass is 468 g/mol. The van der Waals surface area contributed by atoms with Crippen molar-refractivity contribution in [2.75, 3.05) is 5.32 Å². The van der Waals surface area contributed by atoms with Crippen molar-refractivity contribution in [1.82, 2.24) is 14.3 Å². The van der Waals surface area contributed by atoms with E-state index >= 15 is 0 Å². The van der Waals surface area contributed by atoms with Gasteiger partial charge in [0.2, 0.25) is 0 Å². The molecular formula is C22H21F5N4O2. The van der Waals surface area contributed by atoms with Gasteiger partial charge < -0.3 is 9.88 Å². The van der Waals surface area contributed by atoms with Gasteiger partial charge in [0.05, 0.1) is 17.0 Å². The Bertz CT molecular complexity index is 1330. The standard InChI is InChI=1S/C22H21F5N4O2/c1-11(12-5-3-6-13(17(12)23)18(24)25)28-19-15-10-31(22(21(26)27)7-4-8-22)16(32)9-14(15)20(33)30(2)29-19/h3,5-6,9-11,18,21H,4,7-8H2,1-2H3,(H,28,29). The van der Waals surface area contributed by atoms with Crippen LogP contribution in [0.25, 0.3) is 10.8 Å². The lowest BCUT2D eigenvalue weighted by Gasteiger charge is -2.42. The third kappa shape index (κ3) is 3.68. The van der Waals surface area contributed by atoms with Gasteiger partial charge in [-0.3, -0.25) is 9.59 Å². The maximum absolute atomic E-state index is 14.6. The number of anilines is 1. The fraction of sp³-hybridized carbons (Fsp3) is 0.409. The summed E-state index contributed by atoms with van der Waals surface area (Å²) in [5.41, 5.74) is -3.82. The van der Waals surface area contributed by atoms with Gasteiger partial charge >= 0.3 is 0 Å². The topological polar surface area (TPSA) is 68.9 Å². The van der Waals surface area contributed by atoms with E-state index in [-0.39, 0.29) is 35.0 Å². The second-order valence-electron chi connectivity index (χ2n) is 8.26. The molecule has 1 fully saturated rings. The number of nitrogens with one attached hydrogen (secondary N) is 1. The maximum atomic E-state index is 14.6. The first kappa shape index (κ1) is 22.9. The summed E-state index contributed by atoms with van der Waals surface area (Å²) in [7, 11) is 1.34. The lowest BCUT2D eigenvalue weighted by atomic mass is 9.76. The van der Waals surface area contributed by atoms with Crippen molar-refractivity contribution >= 4 is 16.6 Å². The van der Waals surface area contributed by atoms with Gasteiger partial charge in [-0.15, -0.1) is 0 Å². The summed E-state index contributed by atoms with van der Waals surface area (Å²) >= 11 is 0. The van der Waals surface area contributed by atoms with E-state index in [0.29, 0.717) is 6.42 Å². The molecule has 0 spiro atoms. The Hall–Kier alpha value is -3.24. The first-order valence-corrected chi connectivity index (χ1v) is 10.3. The number of pyridine rings is 1. The van der Waals surface area contributed by atoms with Gasteiger partial charge in [-0.1, -0.05) is 18.2 Å². The smallest absolute Gasteiger partial charge is 0.274 e. The van der Waals surface area contributed by atoms with Crippen molar-refractivity contribution in [3.05, 3.63) is 68.1 Å². The van der Waals surface area contributed by atoms with E-state index in [2.05, 4.69) is 10.4 Å². The number of halogens is 5. The van der Waals surface area contributed by atoms with Crippen LogP contribution in [0.3, 0.4) is 0 Å². The van der Waals surface area contributed by atoms with Crippen LogP contribution in [0.4, 0.5) is 27.8 Å². The molecule has 0 radical (unpaired) electrons. The molecule has 1 N–H and O–H groups in total. The number of aromatic nitrogens is 3.